The molecule has 4 nitrogen and oxygen atoms in total. The SMILES string of the molecule is CC[Si](CC)(CC)O[C@H]([C@H](C)[C@@H](O[Si](CC)(CC)CC)[C@@H](C)COCc1ccccc1)[C@@H](C)/C=C/CO. The first-order chi connectivity index (χ1) is 17.7. The summed E-state index contributed by atoms with van der Waals surface area (Å²) in [4.78, 5) is 0. The Kier molecular flexibility index (Phi) is 16.4. The van der Waals surface area contributed by atoms with E-state index in [1.54, 1.807) is 0 Å². The van der Waals surface area contributed by atoms with E-state index in [4.69, 9.17) is 13.6 Å². The van der Waals surface area contributed by atoms with Crippen molar-refractivity contribution in [3.8, 4) is 0 Å². The maximum absolute atomic E-state index is 9.49. The molecule has 1 N–H and O–H groups in total. The number of rotatable bonds is 20. The predicted octanol–water partition coefficient (Wildman–Crippen LogP) is 8.44. The minimum Gasteiger partial charge on any atom is -0.413 e. The van der Waals surface area contributed by atoms with Gasteiger partial charge >= 0.3 is 0 Å². The zero-order chi connectivity index (χ0) is 27.9. The highest BCUT2D eigenvalue weighted by Gasteiger charge is 2.42. The van der Waals surface area contributed by atoms with Crippen molar-refractivity contribution in [2.45, 2.75) is 117 Å². The van der Waals surface area contributed by atoms with Crippen LogP contribution in [0.2, 0.25) is 36.3 Å². The highest BCUT2D eigenvalue weighted by molar-refractivity contribution is 6.74. The molecule has 37 heavy (non-hydrogen) atoms. The van der Waals surface area contributed by atoms with Gasteiger partial charge in [0.15, 0.2) is 16.6 Å². The molecule has 0 unspecified atom stereocenters. The second kappa shape index (κ2) is 17.7. The highest BCUT2D eigenvalue weighted by Crippen LogP contribution is 2.36. The van der Waals surface area contributed by atoms with Gasteiger partial charge in [-0.2, -0.15) is 0 Å². The van der Waals surface area contributed by atoms with E-state index < -0.39 is 16.6 Å². The molecule has 0 bridgehead atoms. The zero-order valence-electron chi connectivity index (χ0n) is 25.5. The van der Waals surface area contributed by atoms with Crippen LogP contribution in [0.4, 0.5) is 0 Å². The third kappa shape index (κ3) is 10.4. The normalized spacial score (nSPS) is 17.0. The Balaban J connectivity index is 3.32. The predicted molar refractivity (Wildman–Crippen MR) is 164 cm³/mol. The number of benzene rings is 1. The Morgan fingerprint density at radius 2 is 1.24 bits per heavy atom. The van der Waals surface area contributed by atoms with E-state index in [9.17, 15) is 5.11 Å². The molecule has 0 radical (unpaired) electrons. The van der Waals surface area contributed by atoms with Crippen LogP contribution in [0.15, 0.2) is 42.5 Å². The average molecular weight is 551 g/mol. The van der Waals surface area contributed by atoms with Gasteiger partial charge in [0.1, 0.15) is 0 Å². The van der Waals surface area contributed by atoms with E-state index in [0.29, 0.717) is 13.2 Å². The van der Waals surface area contributed by atoms with Crippen LogP contribution in [-0.2, 0) is 20.2 Å². The van der Waals surface area contributed by atoms with E-state index in [-0.39, 0.29) is 36.6 Å². The van der Waals surface area contributed by atoms with Gasteiger partial charge in [-0.1, -0.05) is 105 Å². The summed E-state index contributed by atoms with van der Waals surface area (Å²) in [5.74, 6) is 0.654. The van der Waals surface area contributed by atoms with Crippen LogP contribution in [0.5, 0.6) is 0 Å². The largest absolute Gasteiger partial charge is 0.413 e. The van der Waals surface area contributed by atoms with Crippen LogP contribution in [0.25, 0.3) is 0 Å². The summed E-state index contributed by atoms with van der Waals surface area (Å²) in [6.45, 7) is 22.0. The topological polar surface area (TPSA) is 47.9 Å². The molecule has 0 amide bonds. The molecule has 214 valence electrons. The molecule has 0 aromatic heterocycles. The summed E-state index contributed by atoms with van der Waals surface area (Å²) >= 11 is 0. The van der Waals surface area contributed by atoms with Gasteiger partial charge in [0.05, 0.1) is 32.0 Å². The van der Waals surface area contributed by atoms with Crippen molar-refractivity contribution in [1.82, 2.24) is 0 Å². The second-order valence-electron chi connectivity index (χ2n) is 11.0. The van der Waals surface area contributed by atoms with Gasteiger partial charge in [0.25, 0.3) is 0 Å². The minimum absolute atomic E-state index is 0.0492. The number of aliphatic hydroxyl groups is 1. The summed E-state index contributed by atoms with van der Waals surface area (Å²) in [5, 5.41) is 9.49. The van der Waals surface area contributed by atoms with E-state index in [2.05, 4.69) is 92.7 Å². The number of aliphatic hydroxyl groups excluding tert-OH is 1. The van der Waals surface area contributed by atoms with Gasteiger partial charge in [0.2, 0.25) is 0 Å². The van der Waals surface area contributed by atoms with Crippen molar-refractivity contribution in [2.24, 2.45) is 17.8 Å². The zero-order valence-corrected chi connectivity index (χ0v) is 27.5. The summed E-state index contributed by atoms with van der Waals surface area (Å²) < 4.78 is 20.8. The van der Waals surface area contributed by atoms with Gasteiger partial charge in [-0.25, -0.2) is 0 Å². The van der Waals surface area contributed by atoms with Gasteiger partial charge < -0.3 is 18.7 Å². The molecular weight excluding hydrogens is 493 g/mol. The van der Waals surface area contributed by atoms with Gasteiger partial charge in [-0.05, 0) is 47.7 Å². The molecule has 5 atom stereocenters. The fraction of sp³-hybridized carbons (Fsp3) is 0.742. The Morgan fingerprint density at radius 1 is 0.757 bits per heavy atom. The molecule has 6 heteroatoms. The molecule has 1 rings (SSSR count). The maximum atomic E-state index is 9.49. The minimum atomic E-state index is -1.86. The summed E-state index contributed by atoms with van der Waals surface area (Å²) in [7, 11) is -3.71. The van der Waals surface area contributed by atoms with Crippen molar-refractivity contribution in [3.63, 3.8) is 0 Å². The molecule has 0 spiro atoms. The fourth-order valence-electron chi connectivity index (χ4n) is 5.62. The molecule has 0 aliphatic rings. The number of ether oxygens (including phenoxy) is 1. The molecule has 1 aromatic rings. The first-order valence-corrected chi connectivity index (χ1v) is 20.0. The van der Waals surface area contributed by atoms with Gasteiger partial charge in [-0.15, -0.1) is 0 Å². The van der Waals surface area contributed by atoms with Crippen molar-refractivity contribution >= 4 is 16.6 Å². The molecule has 0 heterocycles. The van der Waals surface area contributed by atoms with Crippen LogP contribution in [0, 0.1) is 17.8 Å². The third-order valence-electron chi connectivity index (χ3n) is 8.79. The maximum Gasteiger partial charge on any atom is 0.192 e. The standard InChI is InChI=1S/C31H58O4Si2/c1-10-36(11-2,12-3)34-30(26(7)20-19-23-32)28(9)31(35-37(13-4,14-5)15-6)27(8)24-33-25-29-21-17-16-18-22-29/h16-22,26-28,30-32H,10-15,23-25H2,1-9H3/b20-19+/t26-,27-,28-,30-,31-/m0/s1. The third-order valence-corrected chi connectivity index (χ3v) is 18.1. The summed E-state index contributed by atoms with van der Waals surface area (Å²) in [6, 6.07) is 17.2. The average Bonchev–Trinajstić information content (AvgIpc) is 2.94. The number of hydrogen-bond donors (Lipinski definition) is 1. The van der Waals surface area contributed by atoms with Crippen LogP contribution >= 0.6 is 0 Å². The Hall–Kier alpha value is -0.766. The Morgan fingerprint density at radius 3 is 1.70 bits per heavy atom. The molecule has 0 fully saturated rings. The molecule has 1 aromatic carbocycles. The Bertz CT molecular complexity index is 717. The van der Waals surface area contributed by atoms with Crippen molar-refractivity contribution in [1.29, 1.82) is 0 Å². The first kappa shape index (κ1) is 34.3. The van der Waals surface area contributed by atoms with E-state index >= 15 is 0 Å². The fourth-order valence-corrected chi connectivity index (χ4v) is 11.6. The van der Waals surface area contributed by atoms with Gasteiger partial charge in [0, 0.05) is 11.8 Å². The monoisotopic (exact) mass is 550 g/mol. The van der Waals surface area contributed by atoms with E-state index in [0.717, 1.165) is 36.3 Å². The summed E-state index contributed by atoms with van der Waals surface area (Å²) in [6.07, 6.45) is 4.12. The lowest BCUT2D eigenvalue weighted by molar-refractivity contribution is -0.0314. The first-order valence-electron chi connectivity index (χ1n) is 14.9. The van der Waals surface area contributed by atoms with Crippen LogP contribution in [0.3, 0.4) is 0 Å². The second-order valence-corrected chi connectivity index (χ2v) is 20.4. The van der Waals surface area contributed by atoms with Crippen LogP contribution in [-0.4, -0.2) is 47.2 Å². The van der Waals surface area contributed by atoms with Crippen molar-refractivity contribution in [2.75, 3.05) is 13.2 Å². The lowest BCUT2D eigenvalue weighted by Crippen LogP contribution is -2.52. The van der Waals surface area contributed by atoms with Gasteiger partial charge in [-0.3, -0.25) is 0 Å². The molecular formula is C31H58O4Si2. The molecule has 0 aliphatic carbocycles. The molecule has 0 aliphatic heterocycles. The number of hydrogen-bond acceptors (Lipinski definition) is 4. The van der Waals surface area contributed by atoms with Crippen molar-refractivity contribution < 1.29 is 18.7 Å². The van der Waals surface area contributed by atoms with E-state index in [1.807, 2.05) is 12.1 Å². The van der Waals surface area contributed by atoms with Crippen molar-refractivity contribution in [3.05, 3.63) is 48.0 Å². The van der Waals surface area contributed by atoms with Crippen LogP contribution < -0.4 is 0 Å². The highest BCUT2D eigenvalue weighted by atomic mass is 28.4. The summed E-state index contributed by atoms with van der Waals surface area (Å²) in [5.41, 5.74) is 1.20. The quantitative estimate of drug-likeness (QED) is 0.131. The lowest BCUT2D eigenvalue weighted by Gasteiger charge is -2.45. The molecule has 0 saturated heterocycles. The van der Waals surface area contributed by atoms with Crippen LogP contribution in [0.1, 0.15) is 67.9 Å². The molecule has 0 saturated carbocycles. The smallest absolute Gasteiger partial charge is 0.192 e. The lowest BCUT2D eigenvalue weighted by atomic mass is 9.84. The Labute approximate surface area is 231 Å². The van der Waals surface area contributed by atoms with E-state index in [1.165, 1.54) is 5.56 Å².